The highest BCUT2D eigenvalue weighted by molar-refractivity contribution is 4.90. The lowest BCUT2D eigenvalue weighted by atomic mass is 9.96. The van der Waals surface area contributed by atoms with E-state index in [9.17, 15) is 13.2 Å². The fourth-order valence-electron chi connectivity index (χ4n) is 2.25. The minimum atomic E-state index is -4.05. The second kappa shape index (κ2) is 6.95. The fraction of sp³-hybridized carbons (Fsp3) is 0.917. The van der Waals surface area contributed by atoms with Gasteiger partial charge in [-0.3, -0.25) is 0 Å². The van der Waals surface area contributed by atoms with Gasteiger partial charge in [0.25, 0.3) is 0 Å². The number of nitrogens with one attached hydrogen (secondary N) is 1. The van der Waals surface area contributed by atoms with E-state index in [4.69, 9.17) is 5.26 Å². The first-order valence-corrected chi connectivity index (χ1v) is 6.39. The molecule has 0 bridgehead atoms. The number of hydrogen-bond acceptors (Lipinski definition) is 3. The molecule has 1 fully saturated rings. The normalized spacial score (nSPS) is 20.6. The first-order valence-electron chi connectivity index (χ1n) is 6.39. The highest BCUT2D eigenvalue weighted by Crippen LogP contribution is 2.33. The van der Waals surface area contributed by atoms with Crippen molar-refractivity contribution >= 4 is 0 Å². The summed E-state index contributed by atoms with van der Waals surface area (Å²) in [5, 5.41) is 11.9. The van der Waals surface area contributed by atoms with Crippen LogP contribution in [0.2, 0.25) is 0 Å². The predicted octanol–water partition coefficient (Wildman–Crippen LogP) is 2.15. The molecule has 1 aliphatic rings. The first-order chi connectivity index (χ1) is 8.47. The summed E-state index contributed by atoms with van der Waals surface area (Å²) in [6, 6.07) is 1.96. The molecular weight excluding hydrogens is 243 g/mol. The minimum absolute atomic E-state index is 0.182. The third-order valence-corrected chi connectivity index (χ3v) is 3.39. The average Bonchev–Trinajstić information content (AvgIpc) is 2.34. The number of rotatable bonds is 5. The third kappa shape index (κ3) is 4.83. The summed E-state index contributed by atoms with van der Waals surface area (Å²) in [5.74, 6) is -1.14. The maximum absolute atomic E-state index is 12.5. The predicted molar refractivity (Wildman–Crippen MR) is 62.9 cm³/mol. The van der Waals surface area contributed by atoms with Gasteiger partial charge in [-0.05, 0) is 38.9 Å². The first kappa shape index (κ1) is 15.3. The second-order valence-corrected chi connectivity index (χ2v) is 4.69. The molecular formula is C12H20F3N3. The van der Waals surface area contributed by atoms with Crippen molar-refractivity contribution in [3.8, 4) is 6.07 Å². The Morgan fingerprint density at radius 2 is 2.00 bits per heavy atom. The van der Waals surface area contributed by atoms with Crippen molar-refractivity contribution in [2.75, 3.05) is 26.2 Å². The van der Waals surface area contributed by atoms with Crippen molar-refractivity contribution < 1.29 is 13.2 Å². The Kier molecular flexibility index (Phi) is 5.89. The van der Waals surface area contributed by atoms with Gasteiger partial charge >= 0.3 is 6.18 Å². The van der Waals surface area contributed by atoms with Crippen LogP contribution in [-0.2, 0) is 0 Å². The van der Waals surface area contributed by atoms with E-state index in [2.05, 4.69) is 11.4 Å². The van der Waals surface area contributed by atoms with Crippen LogP contribution in [0.15, 0.2) is 0 Å². The molecule has 0 aromatic rings. The lowest BCUT2D eigenvalue weighted by molar-refractivity contribution is -0.185. The molecule has 0 radical (unpaired) electrons. The van der Waals surface area contributed by atoms with Crippen molar-refractivity contribution in [3.63, 3.8) is 0 Å². The van der Waals surface area contributed by atoms with Gasteiger partial charge in [0.05, 0.1) is 18.0 Å². The number of nitriles is 1. The molecule has 1 heterocycles. The Hall–Kier alpha value is -0.800. The lowest BCUT2D eigenvalue weighted by Gasteiger charge is -2.33. The van der Waals surface area contributed by atoms with Gasteiger partial charge < -0.3 is 10.2 Å². The smallest absolute Gasteiger partial charge is 0.303 e. The molecule has 1 saturated heterocycles. The van der Waals surface area contributed by atoms with E-state index in [0.717, 1.165) is 6.54 Å². The van der Waals surface area contributed by atoms with Crippen LogP contribution < -0.4 is 5.32 Å². The van der Waals surface area contributed by atoms with E-state index in [1.807, 2.05) is 11.8 Å². The molecule has 0 aliphatic carbocycles. The summed E-state index contributed by atoms with van der Waals surface area (Å²) >= 11 is 0. The van der Waals surface area contributed by atoms with Crippen molar-refractivity contribution in [1.82, 2.24) is 10.2 Å². The summed E-state index contributed by atoms with van der Waals surface area (Å²) in [6.07, 6.45) is -3.02. The third-order valence-electron chi connectivity index (χ3n) is 3.39. The van der Waals surface area contributed by atoms with Gasteiger partial charge in [-0.2, -0.15) is 18.4 Å². The number of hydrogen-bond donors (Lipinski definition) is 1. The van der Waals surface area contributed by atoms with Gasteiger partial charge in [-0.25, -0.2) is 0 Å². The zero-order valence-electron chi connectivity index (χ0n) is 10.6. The SMILES string of the molecule is CCNC(C#N)CCN1CCC(C(F)(F)F)CC1. The maximum atomic E-state index is 12.5. The van der Waals surface area contributed by atoms with E-state index < -0.39 is 12.1 Å². The van der Waals surface area contributed by atoms with Crippen LogP contribution in [0.1, 0.15) is 26.2 Å². The maximum Gasteiger partial charge on any atom is 0.391 e. The molecule has 104 valence electrons. The zero-order chi connectivity index (χ0) is 13.6. The molecule has 1 N–H and O–H groups in total. The van der Waals surface area contributed by atoms with E-state index in [1.54, 1.807) is 0 Å². The Morgan fingerprint density at radius 1 is 1.39 bits per heavy atom. The van der Waals surface area contributed by atoms with Gasteiger partial charge in [0.2, 0.25) is 0 Å². The van der Waals surface area contributed by atoms with Crippen LogP contribution in [0.3, 0.4) is 0 Å². The molecule has 0 aromatic carbocycles. The average molecular weight is 263 g/mol. The monoisotopic (exact) mass is 263 g/mol. The second-order valence-electron chi connectivity index (χ2n) is 4.69. The van der Waals surface area contributed by atoms with Gasteiger partial charge in [0, 0.05) is 6.54 Å². The van der Waals surface area contributed by atoms with E-state index in [-0.39, 0.29) is 18.9 Å². The van der Waals surface area contributed by atoms with Crippen molar-refractivity contribution in [1.29, 1.82) is 5.26 Å². The van der Waals surface area contributed by atoms with Crippen LogP contribution in [0.5, 0.6) is 0 Å². The summed E-state index contributed by atoms with van der Waals surface area (Å²) in [5.41, 5.74) is 0. The van der Waals surface area contributed by atoms with E-state index >= 15 is 0 Å². The van der Waals surface area contributed by atoms with E-state index in [0.29, 0.717) is 26.1 Å². The van der Waals surface area contributed by atoms with Crippen molar-refractivity contribution in [2.24, 2.45) is 5.92 Å². The molecule has 0 amide bonds. The summed E-state index contributed by atoms with van der Waals surface area (Å²) in [6.45, 7) is 4.31. The number of piperidine rings is 1. The Bertz CT molecular complexity index is 277. The van der Waals surface area contributed by atoms with Crippen molar-refractivity contribution in [2.45, 2.75) is 38.4 Å². The molecule has 3 nitrogen and oxygen atoms in total. The summed E-state index contributed by atoms with van der Waals surface area (Å²) in [4.78, 5) is 2.02. The molecule has 18 heavy (non-hydrogen) atoms. The van der Waals surface area contributed by atoms with Crippen LogP contribution >= 0.6 is 0 Å². The van der Waals surface area contributed by atoms with Gasteiger partial charge in [-0.15, -0.1) is 0 Å². The van der Waals surface area contributed by atoms with Crippen molar-refractivity contribution in [3.05, 3.63) is 0 Å². The standard InChI is InChI=1S/C12H20F3N3/c1-2-17-11(9-16)5-8-18-6-3-10(4-7-18)12(13,14)15/h10-11,17H,2-8H2,1H3. The number of alkyl halides is 3. The quantitative estimate of drug-likeness (QED) is 0.826. The van der Waals surface area contributed by atoms with Gasteiger partial charge in [0.1, 0.15) is 0 Å². The molecule has 0 aromatic heterocycles. The fourth-order valence-corrected chi connectivity index (χ4v) is 2.25. The highest BCUT2D eigenvalue weighted by Gasteiger charge is 2.40. The van der Waals surface area contributed by atoms with E-state index in [1.165, 1.54) is 0 Å². The lowest BCUT2D eigenvalue weighted by Crippen LogP contribution is -2.41. The summed E-state index contributed by atoms with van der Waals surface area (Å²) in [7, 11) is 0. The molecule has 1 aliphatic heterocycles. The summed E-state index contributed by atoms with van der Waals surface area (Å²) < 4.78 is 37.4. The Labute approximate surface area is 106 Å². The number of likely N-dealkylation sites (tertiary alicyclic amines) is 1. The highest BCUT2D eigenvalue weighted by atomic mass is 19.4. The number of nitrogens with zero attached hydrogens (tertiary/aromatic N) is 2. The van der Waals surface area contributed by atoms with Crippen LogP contribution in [-0.4, -0.2) is 43.3 Å². The van der Waals surface area contributed by atoms with Crippen LogP contribution in [0.25, 0.3) is 0 Å². The van der Waals surface area contributed by atoms with Gasteiger partial charge in [0.15, 0.2) is 0 Å². The molecule has 1 unspecified atom stereocenters. The van der Waals surface area contributed by atoms with Crippen LogP contribution in [0.4, 0.5) is 13.2 Å². The van der Waals surface area contributed by atoms with Gasteiger partial charge in [-0.1, -0.05) is 6.92 Å². The Morgan fingerprint density at radius 3 is 2.44 bits per heavy atom. The molecule has 1 atom stereocenters. The minimum Gasteiger partial charge on any atom is -0.303 e. The molecule has 6 heteroatoms. The molecule has 0 saturated carbocycles. The topological polar surface area (TPSA) is 39.1 Å². The van der Waals surface area contributed by atoms with Crippen LogP contribution in [0, 0.1) is 17.2 Å². The molecule has 1 rings (SSSR count). The molecule has 0 spiro atoms. The zero-order valence-corrected chi connectivity index (χ0v) is 10.6. The number of halogens is 3. The largest absolute Gasteiger partial charge is 0.391 e. The Balaban J connectivity index is 2.26.